The van der Waals surface area contributed by atoms with Gasteiger partial charge in [0, 0.05) is 31.6 Å². The molecule has 0 atom stereocenters. The minimum atomic E-state index is -0.140. The highest BCUT2D eigenvalue weighted by Crippen LogP contribution is 2.14. The number of ether oxygens (including phenoxy) is 2. The van der Waals surface area contributed by atoms with Crippen LogP contribution in [0.3, 0.4) is 0 Å². The van der Waals surface area contributed by atoms with Crippen LogP contribution >= 0.6 is 0 Å². The highest BCUT2D eigenvalue weighted by atomic mass is 16.5. The maximum atomic E-state index is 12.3. The van der Waals surface area contributed by atoms with E-state index in [9.17, 15) is 4.79 Å². The van der Waals surface area contributed by atoms with E-state index in [1.807, 2.05) is 42.6 Å². The summed E-state index contributed by atoms with van der Waals surface area (Å²) in [6.07, 6.45) is 3.62. The summed E-state index contributed by atoms with van der Waals surface area (Å²) in [5.41, 5.74) is 2.56. The summed E-state index contributed by atoms with van der Waals surface area (Å²) in [6, 6.07) is 16.9. The number of methoxy groups -OCH3 is 1. The molecule has 1 N–H and O–H groups in total. The van der Waals surface area contributed by atoms with Crippen LogP contribution in [0, 0.1) is 0 Å². The van der Waals surface area contributed by atoms with Gasteiger partial charge in [0.2, 0.25) is 0 Å². The molecule has 134 valence electrons. The van der Waals surface area contributed by atoms with Crippen LogP contribution in [0.1, 0.15) is 15.9 Å². The second-order valence-electron chi connectivity index (χ2n) is 5.67. The average Bonchev–Trinajstić information content (AvgIpc) is 3.22. The maximum absolute atomic E-state index is 12.3. The topological polar surface area (TPSA) is 65.4 Å². The minimum absolute atomic E-state index is 0.140. The van der Waals surface area contributed by atoms with Gasteiger partial charge in [-0.2, -0.15) is 5.10 Å². The van der Waals surface area contributed by atoms with Crippen molar-refractivity contribution in [2.45, 2.75) is 6.54 Å². The van der Waals surface area contributed by atoms with Crippen LogP contribution in [0.25, 0.3) is 5.69 Å². The molecule has 0 saturated carbocycles. The third-order valence-corrected chi connectivity index (χ3v) is 3.81. The van der Waals surface area contributed by atoms with E-state index < -0.39 is 0 Å². The Balaban J connectivity index is 1.56. The summed E-state index contributed by atoms with van der Waals surface area (Å²) in [4.78, 5) is 12.3. The number of hydrogen-bond donors (Lipinski definition) is 1. The molecule has 3 aromatic rings. The summed E-state index contributed by atoms with van der Waals surface area (Å²) in [5, 5.41) is 7.11. The Labute approximate surface area is 152 Å². The van der Waals surface area contributed by atoms with Gasteiger partial charge in [0.15, 0.2) is 0 Å². The summed E-state index contributed by atoms with van der Waals surface area (Å²) in [6.45, 7) is 1.40. The molecule has 1 heterocycles. The predicted octanol–water partition coefficient (Wildman–Crippen LogP) is 2.83. The zero-order valence-electron chi connectivity index (χ0n) is 14.6. The Morgan fingerprint density at radius 3 is 2.69 bits per heavy atom. The van der Waals surface area contributed by atoms with Gasteiger partial charge in [-0.15, -0.1) is 0 Å². The van der Waals surface area contributed by atoms with E-state index in [-0.39, 0.29) is 5.91 Å². The number of carbonyl (C=O) groups is 1. The molecule has 2 aromatic carbocycles. The van der Waals surface area contributed by atoms with Gasteiger partial charge in [-0.05, 0) is 42.0 Å². The summed E-state index contributed by atoms with van der Waals surface area (Å²) < 4.78 is 12.3. The smallest absolute Gasteiger partial charge is 0.251 e. The van der Waals surface area contributed by atoms with Crippen LogP contribution in [0.4, 0.5) is 0 Å². The van der Waals surface area contributed by atoms with Gasteiger partial charge >= 0.3 is 0 Å². The minimum Gasteiger partial charge on any atom is -0.491 e. The largest absolute Gasteiger partial charge is 0.491 e. The third kappa shape index (κ3) is 4.70. The van der Waals surface area contributed by atoms with Crippen molar-refractivity contribution in [1.82, 2.24) is 15.1 Å². The molecule has 0 aliphatic heterocycles. The lowest BCUT2D eigenvalue weighted by Gasteiger charge is -2.09. The number of aromatic nitrogens is 2. The van der Waals surface area contributed by atoms with Crippen LogP contribution in [0.15, 0.2) is 67.0 Å². The van der Waals surface area contributed by atoms with E-state index in [1.165, 1.54) is 0 Å². The normalized spacial score (nSPS) is 10.5. The van der Waals surface area contributed by atoms with Crippen LogP contribution < -0.4 is 10.1 Å². The molecule has 0 unspecified atom stereocenters. The number of amides is 1. The van der Waals surface area contributed by atoms with E-state index in [1.54, 1.807) is 36.2 Å². The van der Waals surface area contributed by atoms with Gasteiger partial charge in [-0.25, -0.2) is 4.68 Å². The van der Waals surface area contributed by atoms with Gasteiger partial charge in [-0.1, -0.05) is 18.2 Å². The molecule has 0 aliphatic carbocycles. The van der Waals surface area contributed by atoms with Crippen molar-refractivity contribution in [3.8, 4) is 11.4 Å². The van der Waals surface area contributed by atoms with E-state index in [0.29, 0.717) is 31.1 Å². The first-order valence-electron chi connectivity index (χ1n) is 8.35. The Kier molecular flexibility index (Phi) is 6.01. The first kappa shape index (κ1) is 17.7. The van der Waals surface area contributed by atoms with Crippen LogP contribution in [0.2, 0.25) is 0 Å². The second-order valence-corrected chi connectivity index (χ2v) is 5.67. The Hall–Kier alpha value is -3.12. The number of rotatable bonds is 8. The van der Waals surface area contributed by atoms with Crippen molar-refractivity contribution in [3.05, 3.63) is 78.1 Å². The fraction of sp³-hybridized carbons (Fsp3) is 0.200. The molecular weight excluding hydrogens is 330 g/mol. The fourth-order valence-electron chi connectivity index (χ4n) is 2.44. The SMILES string of the molecule is COCCOc1cccc(C(=O)NCc2ccc(-n3cccn3)cc2)c1. The van der Waals surface area contributed by atoms with Gasteiger partial charge in [0.1, 0.15) is 12.4 Å². The molecule has 6 nitrogen and oxygen atoms in total. The van der Waals surface area contributed by atoms with Crippen molar-refractivity contribution < 1.29 is 14.3 Å². The van der Waals surface area contributed by atoms with Crippen LogP contribution in [0.5, 0.6) is 5.75 Å². The van der Waals surface area contributed by atoms with E-state index in [2.05, 4.69) is 10.4 Å². The molecule has 1 amide bonds. The number of benzene rings is 2. The molecular formula is C20H21N3O3. The third-order valence-electron chi connectivity index (χ3n) is 3.81. The van der Waals surface area contributed by atoms with E-state index in [0.717, 1.165) is 11.3 Å². The monoisotopic (exact) mass is 351 g/mol. The summed E-state index contributed by atoms with van der Waals surface area (Å²) >= 11 is 0. The molecule has 0 radical (unpaired) electrons. The predicted molar refractivity (Wildman–Crippen MR) is 98.5 cm³/mol. The first-order valence-corrected chi connectivity index (χ1v) is 8.35. The van der Waals surface area contributed by atoms with Gasteiger partial charge in [0.05, 0.1) is 12.3 Å². The van der Waals surface area contributed by atoms with Gasteiger partial charge in [-0.3, -0.25) is 4.79 Å². The lowest BCUT2D eigenvalue weighted by Crippen LogP contribution is -2.22. The summed E-state index contributed by atoms with van der Waals surface area (Å²) in [7, 11) is 1.62. The summed E-state index contributed by atoms with van der Waals surface area (Å²) in [5.74, 6) is 0.511. The number of carbonyl (C=O) groups excluding carboxylic acids is 1. The van der Waals surface area contributed by atoms with E-state index in [4.69, 9.17) is 9.47 Å². The van der Waals surface area contributed by atoms with Crippen molar-refractivity contribution in [3.63, 3.8) is 0 Å². The molecule has 0 spiro atoms. The van der Waals surface area contributed by atoms with Crippen molar-refractivity contribution in [1.29, 1.82) is 0 Å². The van der Waals surface area contributed by atoms with Crippen LogP contribution in [-0.4, -0.2) is 36.0 Å². The van der Waals surface area contributed by atoms with Crippen LogP contribution in [-0.2, 0) is 11.3 Å². The Morgan fingerprint density at radius 2 is 1.96 bits per heavy atom. The zero-order chi connectivity index (χ0) is 18.2. The lowest BCUT2D eigenvalue weighted by molar-refractivity contribution is 0.0950. The maximum Gasteiger partial charge on any atom is 0.251 e. The Morgan fingerprint density at radius 1 is 1.12 bits per heavy atom. The molecule has 3 rings (SSSR count). The zero-order valence-corrected chi connectivity index (χ0v) is 14.6. The average molecular weight is 351 g/mol. The van der Waals surface area contributed by atoms with Gasteiger partial charge < -0.3 is 14.8 Å². The van der Waals surface area contributed by atoms with Gasteiger partial charge in [0.25, 0.3) is 5.91 Å². The number of nitrogens with zero attached hydrogens (tertiary/aromatic N) is 2. The van der Waals surface area contributed by atoms with Crippen molar-refractivity contribution in [2.75, 3.05) is 20.3 Å². The molecule has 0 bridgehead atoms. The highest BCUT2D eigenvalue weighted by Gasteiger charge is 2.07. The quantitative estimate of drug-likeness (QED) is 0.634. The molecule has 26 heavy (non-hydrogen) atoms. The standard InChI is InChI=1S/C20H21N3O3/c1-25-12-13-26-19-5-2-4-17(14-19)20(24)21-15-16-6-8-18(9-7-16)23-11-3-10-22-23/h2-11,14H,12-13,15H2,1H3,(H,21,24). The van der Waals surface area contributed by atoms with E-state index >= 15 is 0 Å². The molecule has 1 aromatic heterocycles. The molecule has 0 saturated heterocycles. The first-order chi connectivity index (χ1) is 12.8. The van der Waals surface area contributed by atoms with Crippen molar-refractivity contribution >= 4 is 5.91 Å². The molecule has 0 aliphatic rings. The molecule has 6 heteroatoms. The molecule has 0 fully saturated rings. The highest BCUT2D eigenvalue weighted by molar-refractivity contribution is 5.94. The number of hydrogen-bond acceptors (Lipinski definition) is 4. The van der Waals surface area contributed by atoms with Crippen molar-refractivity contribution in [2.24, 2.45) is 0 Å². The lowest BCUT2D eigenvalue weighted by atomic mass is 10.1. The second kappa shape index (κ2) is 8.82. The Bertz CT molecular complexity index is 830. The fourth-order valence-corrected chi connectivity index (χ4v) is 2.44. The number of nitrogens with one attached hydrogen (secondary N) is 1.